The number of nitrogens with zero attached hydrogens (tertiary/aromatic N) is 7. The smallest absolute Gasteiger partial charge is 0.493 e. The summed E-state index contributed by atoms with van der Waals surface area (Å²) in [6.45, 7) is 0. The van der Waals surface area contributed by atoms with Crippen LogP contribution >= 0.6 is 0 Å². The summed E-state index contributed by atoms with van der Waals surface area (Å²) >= 11 is 0. The Labute approximate surface area is 176 Å². The lowest BCUT2D eigenvalue weighted by Gasteiger charge is -2.28. The maximum absolute atomic E-state index is 11.3. The molecular formula is C20H17N7O4+2. The number of fused-ring (bicyclic) bond motifs is 4. The summed E-state index contributed by atoms with van der Waals surface area (Å²) in [5.41, 5.74) is 1.33. The predicted octanol–water partition coefficient (Wildman–Crippen LogP) is 2.74. The van der Waals surface area contributed by atoms with Crippen LogP contribution in [0.3, 0.4) is 0 Å². The monoisotopic (exact) mass is 419 g/mol. The van der Waals surface area contributed by atoms with Crippen molar-refractivity contribution in [1.82, 2.24) is 4.98 Å². The van der Waals surface area contributed by atoms with Gasteiger partial charge in [0.2, 0.25) is 5.84 Å². The Morgan fingerprint density at radius 3 is 2.74 bits per heavy atom. The van der Waals surface area contributed by atoms with Gasteiger partial charge in [0, 0.05) is 35.2 Å². The van der Waals surface area contributed by atoms with E-state index in [9.17, 15) is 10.1 Å². The molecule has 154 valence electrons. The number of azo groups is 2. The van der Waals surface area contributed by atoms with Crippen molar-refractivity contribution in [3.8, 4) is 11.5 Å². The quantitative estimate of drug-likeness (QED) is 0.357. The van der Waals surface area contributed by atoms with Gasteiger partial charge in [-0.25, -0.2) is 0 Å². The molecule has 2 aromatic heterocycles. The van der Waals surface area contributed by atoms with E-state index < -0.39 is 11.2 Å². The molecule has 31 heavy (non-hydrogen) atoms. The number of rotatable bonds is 5. The van der Waals surface area contributed by atoms with Gasteiger partial charge in [0.05, 0.1) is 29.9 Å². The third kappa shape index (κ3) is 2.94. The first-order chi connectivity index (χ1) is 15.1. The van der Waals surface area contributed by atoms with E-state index in [0.717, 1.165) is 5.56 Å². The Kier molecular flexibility index (Phi) is 4.28. The molecule has 1 unspecified atom stereocenters. The van der Waals surface area contributed by atoms with Crippen molar-refractivity contribution in [2.75, 3.05) is 19.2 Å². The van der Waals surface area contributed by atoms with Crippen molar-refractivity contribution in [2.24, 2.45) is 10.2 Å². The van der Waals surface area contributed by atoms with Gasteiger partial charge in [-0.1, -0.05) is 0 Å². The zero-order valence-electron chi connectivity index (χ0n) is 16.6. The largest absolute Gasteiger partial charge is 0.497 e. The van der Waals surface area contributed by atoms with Crippen molar-refractivity contribution in [1.29, 1.82) is 0 Å². The van der Waals surface area contributed by atoms with Crippen LogP contribution in [0.4, 0.5) is 17.2 Å². The van der Waals surface area contributed by atoms with E-state index in [2.05, 4.69) is 10.1 Å². The standard InChI is InChI=1S/C20H17N7O4/c1-30-15-6-7-17(31-2)16(10-15)25-20-24-12-14(27(28)29)5-8-18(24)26(20)23-19(22-25)13-4-3-9-21-11-13/h3-12,20H,1-2H3/q+2. The summed E-state index contributed by atoms with van der Waals surface area (Å²) in [4.78, 5) is 15.0. The first-order valence-corrected chi connectivity index (χ1v) is 9.31. The minimum Gasteiger partial charge on any atom is -0.497 e. The van der Waals surface area contributed by atoms with Crippen LogP contribution in [0.1, 0.15) is 11.9 Å². The molecule has 11 heteroatoms. The van der Waals surface area contributed by atoms with Gasteiger partial charge in [-0.05, 0) is 28.8 Å². The molecule has 0 N–H and O–H groups in total. The number of aromatic nitrogens is 2. The zero-order chi connectivity index (χ0) is 21.5. The van der Waals surface area contributed by atoms with Gasteiger partial charge >= 0.3 is 17.8 Å². The molecule has 0 spiro atoms. The van der Waals surface area contributed by atoms with E-state index in [0.29, 0.717) is 28.8 Å². The molecule has 2 aliphatic heterocycles. The van der Waals surface area contributed by atoms with Gasteiger partial charge in [0.25, 0.3) is 6.20 Å². The molecule has 1 atom stereocenters. The van der Waals surface area contributed by atoms with Crippen LogP contribution in [0.5, 0.6) is 11.5 Å². The Morgan fingerprint density at radius 2 is 2.03 bits per heavy atom. The topological polar surface area (TPSA) is 109 Å². The fraction of sp³-hybridized carbons (Fsp3) is 0.150. The van der Waals surface area contributed by atoms with Crippen molar-refractivity contribution in [3.05, 3.63) is 76.7 Å². The van der Waals surface area contributed by atoms with E-state index in [-0.39, 0.29) is 5.69 Å². The number of hydrogen-bond donors (Lipinski definition) is 0. The summed E-state index contributed by atoms with van der Waals surface area (Å²) in [6, 6.07) is 12.1. The normalized spacial score (nSPS) is 16.3. The minimum atomic E-state index is -0.545. The molecule has 1 aromatic carbocycles. The Hall–Kier alpha value is -4.41. The second-order valence-electron chi connectivity index (χ2n) is 6.75. The molecule has 0 aliphatic carbocycles. The van der Waals surface area contributed by atoms with E-state index >= 15 is 0 Å². The molecule has 0 amide bonds. The van der Waals surface area contributed by atoms with Crippen molar-refractivity contribution >= 4 is 23.0 Å². The molecule has 11 nitrogen and oxygen atoms in total. The average Bonchev–Trinajstić information content (AvgIpc) is 2.81. The van der Waals surface area contributed by atoms with E-state index in [1.54, 1.807) is 71.2 Å². The molecule has 0 radical (unpaired) electrons. The van der Waals surface area contributed by atoms with Crippen LogP contribution in [0, 0.1) is 10.1 Å². The number of anilines is 1. The van der Waals surface area contributed by atoms with Crippen LogP contribution in [-0.2, 0) is 0 Å². The van der Waals surface area contributed by atoms with Gasteiger partial charge < -0.3 is 9.47 Å². The number of pyridine rings is 2. The SMILES string of the molecule is COc1ccc(OC)c(N2N=C(c3cccnc3)N=[N+]3c4ccc([N+](=O)[O-])c[n+]4C23)c1. The van der Waals surface area contributed by atoms with Crippen LogP contribution in [0.15, 0.2) is 71.3 Å². The lowest BCUT2D eigenvalue weighted by molar-refractivity contribution is -0.987. The summed E-state index contributed by atoms with van der Waals surface area (Å²) in [5, 5.41) is 22.4. The molecular weight excluding hydrogens is 402 g/mol. The fourth-order valence-corrected chi connectivity index (χ4v) is 3.53. The Bertz CT molecular complexity index is 1260. The number of hydrazone groups is 1. The number of amidine groups is 1. The summed E-state index contributed by atoms with van der Waals surface area (Å²) in [6.07, 6.45) is 4.27. The van der Waals surface area contributed by atoms with Crippen molar-refractivity contribution < 1.29 is 23.7 Å². The molecule has 0 fully saturated rings. The first kappa shape index (κ1) is 18.6. The number of hydrogen-bond acceptors (Lipinski definition) is 8. The van der Waals surface area contributed by atoms with Gasteiger partial charge in [-0.2, -0.15) is 0 Å². The number of ether oxygens (including phenoxy) is 2. The number of methoxy groups -OCH3 is 2. The first-order valence-electron chi connectivity index (χ1n) is 9.31. The van der Waals surface area contributed by atoms with Crippen LogP contribution < -0.4 is 19.0 Å². The molecule has 0 bridgehead atoms. The van der Waals surface area contributed by atoms with Gasteiger partial charge in [-0.3, -0.25) is 15.1 Å². The molecule has 0 saturated carbocycles. The summed E-state index contributed by atoms with van der Waals surface area (Å²) in [5.74, 6) is 2.32. The van der Waals surface area contributed by atoms with Crippen LogP contribution in [0.2, 0.25) is 0 Å². The third-order valence-corrected chi connectivity index (χ3v) is 5.03. The molecule has 3 aromatic rings. The zero-order valence-corrected chi connectivity index (χ0v) is 16.6. The highest BCUT2D eigenvalue weighted by Gasteiger charge is 2.61. The second-order valence-corrected chi connectivity index (χ2v) is 6.75. The van der Waals surface area contributed by atoms with Gasteiger partial charge in [0.1, 0.15) is 17.2 Å². The van der Waals surface area contributed by atoms with E-state index in [1.165, 1.54) is 12.3 Å². The lowest BCUT2D eigenvalue weighted by atomic mass is 10.2. The molecule has 2 aliphatic rings. The Morgan fingerprint density at radius 1 is 1.16 bits per heavy atom. The van der Waals surface area contributed by atoms with Gasteiger partial charge in [-0.15, -0.1) is 10.1 Å². The molecule has 5 rings (SSSR count). The highest BCUT2D eigenvalue weighted by Crippen LogP contribution is 2.41. The highest BCUT2D eigenvalue weighted by atomic mass is 16.6. The summed E-state index contributed by atoms with van der Waals surface area (Å²) < 4.78 is 14.4. The van der Waals surface area contributed by atoms with Crippen LogP contribution in [-0.4, -0.2) is 34.7 Å². The second kappa shape index (κ2) is 7.13. The number of nitro groups is 1. The number of benzene rings is 1. The predicted molar refractivity (Wildman–Crippen MR) is 107 cm³/mol. The average molecular weight is 419 g/mol. The summed E-state index contributed by atoms with van der Waals surface area (Å²) in [7, 11) is 3.14. The fourth-order valence-electron chi connectivity index (χ4n) is 3.53. The van der Waals surface area contributed by atoms with Crippen LogP contribution in [0.25, 0.3) is 0 Å². The lowest BCUT2D eigenvalue weighted by Crippen LogP contribution is -2.64. The molecule has 0 saturated heterocycles. The van der Waals surface area contributed by atoms with Crippen molar-refractivity contribution in [2.45, 2.75) is 6.29 Å². The minimum absolute atomic E-state index is 0.0250. The van der Waals surface area contributed by atoms with Crippen molar-refractivity contribution in [3.63, 3.8) is 0 Å². The maximum atomic E-state index is 11.3. The maximum Gasteiger partial charge on any atom is 0.493 e. The van der Waals surface area contributed by atoms with Gasteiger partial charge in [0.15, 0.2) is 0 Å². The highest BCUT2D eigenvalue weighted by molar-refractivity contribution is 5.99. The third-order valence-electron chi connectivity index (χ3n) is 5.03. The van der Waals surface area contributed by atoms with E-state index in [1.807, 2.05) is 6.07 Å². The van der Waals surface area contributed by atoms with E-state index in [4.69, 9.17) is 14.6 Å². The Balaban J connectivity index is 1.70. The molecule has 4 heterocycles.